The van der Waals surface area contributed by atoms with E-state index in [0.717, 1.165) is 44.9 Å². The van der Waals surface area contributed by atoms with Gasteiger partial charge in [0.05, 0.1) is 0 Å². The van der Waals surface area contributed by atoms with Crippen LogP contribution in [0.5, 0.6) is 0 Å². The molecule has 12 rings (SSSR count). The van der Waals surface area contributed by atoms with Crippen molar-refractivity contribution in [2.45, 2.75) is 88.9 Å². The van der Waals surface area contributed by atoms with Gasteiger partial charge in [0.25, 0.3) is 0 Å². The maximum atomic E-state index is 2.60. The van der Waals surface area contributed by atoms with E-state index < -0.39 is 0 Å². The van der Waals surface area contributed by atoms with Crippen molar-refractivity contribution in [1.82, 2.24) is 0 Å². The number of allylic oxidation sites excluding steroid dienone is 14. The summed E-state index contributed by atoms with van der Waals surface area (Å²) in [4.78, 5) is 0. The van der Waals surface area contributed by atoms with Crippen molar-refractivity contribution in [3.05, 3.63) is 255 Å². The van der Waals surface area contributed by atoms with E-state index in [0.29, 0.717) is 47.3 Å². The van der Waals surface area contributed by atoms with Gasteiger partial charge in [-0.25, -0.2) is 0 Å². The maximum Gasteiger partial charge on any atom is 0.0131 e. The number of rotatable bonds is 11. The Morgan fingerprint density at radius 2 is 1.22 bits per heavy atom. The Hall–Kier alpha value is -6.50. The van der Waals surface area contributed by atoms with Gasteiger partial charge >= 0.3 is 0 Å². The van der Waals surface area contributed by atoms with Crippen molar-refractivity contribution in [3.8, 4) is 11.1 Å². The van der Waals surface area contributed by atoms with Crippen LogP contribution in [-0.4, -0.2) is 0 Å². The highest BCUT2D eigenvalue weighted by Crippen LogP contribution is 2.50. The van der Waals surface area contributed by atoms with Crippen LogP contribution in [0.2, 0.25) is 0 Å². The van der Waals surface area contributed by atoms with E-state index in [4.69, 9.17) is 0 Å². The zero-order valence-electron chi connectivity index (χ0n) is 39.9. The molecular formula is C68H64. The van der Waals surface area contributed by atoms with Gasteiger partial charge in [0, 0.05) is 11.8 Å². The second kappa shape index (κ2) is 18.5. The second-order valence-electron chi connectivity index (χ2n) is 20.9. The van der Waals surface area contributed by atoms with Gasteiger partial charge in [-0.2, -0.15) is 0 Å². The lowest BCUT2D eigenvalue weighted by Crippen LogP contribution is -2.26. The summed E-state index contributed by atoms with van der Waals surface area (Å²) in [6.07, 6.45) is 42.4. The Labute approximate surface area is 405 Å². The Bertz CT molecular complexity index is 3100. The van der Waals surface area contributed by atoms with E-state index in [-0.39, 0.29) is 0 Å². The summed E-state index contributed by atoms with van der Waals surface area (Å²) in [6.45, 7) is 4.96. The standard InChI is InChI=1S/C68H64/c1-45(65(53-19-7-4-8-20-53)42-48-29-39-63-59-25-11-9-21-55(59)57-23-13-15-27-61(57)67(63)43-48)49-30-34-51(35-31-49)52-36-32-50(33-37-52)46(2)66(41-47-17-5-3-6-18-47)54-38-40-64-60-26-12-10-22-56(60)58-24-14-16-28-62(58)68(64)44-54/h3-14,17,19-26,29-40,43,45-47,54-55,59,65-66H,15-16,18,27-28,41-42,44H2,1-2H3. The summed E-state index contributed by atoms with van der Waals surface area (Å²) in [7, 11) is 0. The molecule has 6 aromatic carbocycles. The fourth-order valence-electron chi connectivity index (χ4n) is 13.4. The van der Waals surface area contributed by atoms with Gasteiger partial charge in [-0.05, 0) is 176 Å². The Balaban J connectivity index is 0.794. The lowest BCUT2D eigenvalue weighted by Gasteiger charge is -2.36. The summed E-state index contributed by atoms with van der Waals surface area (Å²) in [6, 6.07) is 47.0. The molecule has 0 fully saturated rings. The fraction of sp³-hybridized carbons (Fsp3) is 0.265. The third-order valence-electron chi connectivity index (χ3n) is 17.1. The fourth-order valence-corrected chi connectivity index (χ4v) is 13.4. The molecule has 0 amide bonds. The van der Waals surface area contributed by atoms with Gasteiger partial charge in [0.15, 0.2) is 0 Å². The SMILES string of the molecule is CC(c1ccc(-c2ccc(C(C)C(CC3C=CC=CC3)C3C=Cc4c(c5c(c6ccccc46)C=CCC5)C3)cc2)cc1)C(Cc1ccc2c(c1)C1=C(C=CCC1)C1C=CC=CC21)c1ccccc1. The van der Waals surface area contributed by atoms with Crippen LogP contribution < -0.4 is 0 Å². The molecule has 0 heterocycles. The molecular weight excluding hydrogens is 817 g/mol. The molecule has 68 heavy (non-hydrogen) atoms. The number of hydrogen-bond acceptors (Lipinski definition) is 0. The average Bonchev–Trinajstić information content (AvgIpc) is 3.42. The third kappa shape index (κ3) is 8.00. The lowest BCUT2D eigenvalue weighted by molar-refractivity contribution is 0.284. The minimum absolute atomic E-state index is 0.349. The summed E-state index contributed by atoms with van der Waals surface area (Å²) in [5.74, 6) is 3.63. The molecule has 8 atom stereocenters. The van der Waals surface area contributed by atoms with Crippen molar-refractivity contribution in [3.63, 3.8) is 0 Å². The maximum absolute atomic E-state index is 2.60. The molecule has 0 heteroatoms. The molecule has 8 unspecified atom stereocenters. The third-order valence-corrected chi connectivity index (χ3v) is 17.1. The highest BCUT2D eigenvalue weighted by Gasteiger charge is 2.35. The van der Waals surface area contributed by atoms with Crippen molar-refractivity contribution in [2.24, 2.45) is 23.7 Å². The molecule has 0 N–H and O–H groups in total. The molecule has 0 saturated heterocycles. The van der Waals surface area contributed by atoms with Crippen LogP contribution in [0.4, 0.5) is 0 Å². The van der Waals surface area contributed by atoms with Crippen LogP contribution >= 0.6 is 0 Å². The molecule has 0 spiro atoms. The van der Waals surface area contributed by atoms with Crippen molar-refractivity contribution < 1.29 is 0 Å². The number of benzene rings is 6. The van der Waals surface area contributed by atoms with Gasteiger partial charge in [-0.3, -0.25) is 0 Å². The van der Waals surface area contributed by atoms with E-state index in [1.54, 1.807) is 16.7 Å². The molecule has 0 bridgehead atoms. The van der Waals surface area contributed by atoms with Crippen LogP contribution in [0.25, 0.3) is 39.6 Å². The molecule has 0 saturated carbocycles. The highest BCUT2D eigenvalue weighted by atomic mass is 14.4. The van der Waals surface area contributed by atoms with Crippen LogP contribution in [-0.2, 0) is 19.3 Å². The number of hydrogen-bond donors (Lipinski definition) is 0. The first-order valence-corrected chi connectivity index (χ1v) is 25.9. The Morgan fingerprint density at radius 3 is 1.97 bits per heavy atom. The first kappa shape index (κ1) is 42.8. The molecule has 336 valence electrons. The van der Waals surface area contributed by atoms with Crippen molar-refractivity contribution >= 4 is 28.5 Å². The minimum atomic E-state index is 0.349. The predicted octanol–water partition coefficient (Wildman–Crippen LogP) is 17.7. The van der Waals surface area contributed by atoms with E-state index in [1.165, 1.54) is 78.4 Å². The highest BCUT2D eigenvalue weighted by molar-refractivity contribution is 6.00. The Kier molecular flexibility index (Phi) is 11.7. The zero-order valence-corrected chi connectivity index (χ0v) is 39.9. The van der Waals surface area contributed by atoms with Gasteiger partial charge in [0.2, 0.25) is 0 Å². The second-order valence-corrected chi connectivity index (χ2v) is 20.9. The van der Waals surface area contributed by atoms with Crippen LogP contribution in [0.1, 0.15) is 125 Å². The zero-order chi connectivity index (χ0) is 45.6. The van der Waals surface area contributed by atoms with E-state index in [9.17, 15) is 0 Å². The van der Waals surface area contributed by atoms with E-state index in [2.05, 4.69) is 220 Å². The monoisotopic (exact) mass is 881 g/mol. The molecule has 0 radical (unpaired) electrons. The first-order chi connectivity index (χ1) is 33.6. The summed E-state index contributed by atoms with van der Waals surface area (Å²) < 4.78 is 0. The van der Waals surface area contributed by atoms with Crippen LogP contribution in [0.15, 0.2) is 200 Å². The summed E-state index contributed by atoms with van der Waals surface area (Å²) in [5.41, 5.74) is 20.5. The van der Waals surface area contributed by atoms with Crippen molar-refractivity contribution in [2.75, 3.05) is 0 Å². The normalized spacial score (nSPS) is 22.5. The summed E-state index contributed by atoms with van der Waals surface area (Å²) in [5, 5.41) is 2.82. The predicted molar refractivity (Wildman–Crippen MR) is 290 cm³/mol. The van der Waals surface area contributed by atoms with E-state index >= 15 is 0 Å². The molecule has 0 nitrogen and oxygen atoms in total. The summed E-state index contributed by atoms with van der Waals surface area (Å²) >= 11 is 0. The van der Waals surface area contributed by atoms with Gasteiger partial charge < -0.3 is 0 Å². The number of fused-ring (bicyclic) bond motifs is 11. The molecule has 6 aliphatic rings. The van der Waals surface area contributed by atoms with Gasteiger partial charge in [-0.1, -0.05) is 220 Å². The van der Waals surface area contributed by atoms with Crippen LogP contribution in [0, 0.1) is 23.7 Å². The average molecular weight is 881 g/mol. The molecule has 0 aliphatic heterocycles. The Morgan fingerprint density at radius 1 is 0.544 bits per heavy atom. The smallest absolute Gasteiger partial charge is 0.0131 e. The quantitative estimate of drug-likeness (QED) is 0.122. The molecule has 6 aromatic rings. The van der Waals surface area contributed by atoms with Gasteiger partial charge in [-0.15, -0.1) is 0 Å². The van der Waals surface area contributed by atoms with Crippen molar-refractivity contribution in [1.29, 1.82) is 0 Å². The minimum Gasteiger partial charge on any atom is -0.0840 e. The topological polar surface area (TPSA) is 0 Å². The molecule has 6 aliphatic carbocycles. The van der Waals surface area contributed by atoms with E-state index in [1.807, 2.05) is 0 Å². The lowest BCUT2D eigenvalue weighted by atomic mass is 9.67. The molecule has 0 aromatic heterocycles. The van der Waals surface area contributed by atoms with Gasteiger partial charge in [0.1, 0.15) is 0 Å². The van der Waals surface area contributed by atoms with Crippen LogP contribution in [0.3, 0.4) is 0 Å². The largest absolute Gasteiger partial charge is 0.0840 e. The first-order valence-electron chi connectivity index (χ1n) is 25.9.